The summed E-state index contributed by atoms with van der Waals surface area (Å²) >= 11 is 0. The molecule has 0 rings (SSSR count). The van der Waals surface area contributed by atoms with Crippen LogP contribution in [0.25, 0.3) is 0 Å². The molecule has 2 atom stereocenters. The fourth-order valence-electron chi connectivity index (χ4n) is 0.265. The summed E-state index contributed by atoms with van der Waals surface area (Å²) in [6, 6.07) is 0. The molecule has 0 aliphatic heterocycles. The van der Waals surface area contributed by atoms with Crippen LogP contribution in [0.1, 0.15) is 0 Å². The Bertz CT molecular complexity index is 173. The molecule has 0 aromatic rings. The van der Waals surface area contributed by atoms with Gasteiger partial charge in [0.1, 0.15) is 0 Å². The summed E-state index contributed by atoms with van der Waals surface area (Å²) in [5, 5.41) is 8.07. The minimum absolute atomic E-state index is 0. The largest absolute Gasteiger partial charge is 1.00 e. The van der Waals surface area contributed by atoms with Gasteiger partial charge in [-0.15, -0.1) is 4.31 Å². The van der Waals surface area contributed by atoms with Crippen LogP contribution in [0.5, 0.6) is 0 Å². The Hall–Kier alpha value is 2.17. The third kappa shape index (κ3) is 12.2. The van der Waals surface area contributed by atoms with Crippen molar-refractivity contribution in [3.63, 3.8) is 0 Å². The fraction of sp³-hybridized carbons (Fsp3) is 1.00. The summed E-state index contributed by atoms with van der Waals surface area (Å²) in [5.74, 6) is 0. The number of hydrogen-bond donors (Lipinski definition) is 1. The Morgan fingerprint density at radius 2 is 1.92 bits per heavy atom. The molecule has 12 heavy (non-hydrogen) atoms. The smallest absolute Gasteiger partial charge is 0.775 e. The van der Waals surface area contributed by atoms with E-state index in [0.29, 0.717) is 0 Å². The number of rotatable bonds is 4. The monoisotopic (exact) mass is 233 g/mol. The quantitative estimate of drug-likeness (QED) is 0.381. The van der Waals surface area contributed by atoms with E-state index in [4.69, 9.17) is 5.11 Å². The van der Waals surface area contributed by atoms with Crippen molar-refractivity contribution in [2.24, 2.45) is 0 Å². The predicted molar refractivity (Wildman–Crippen MR) is 28.3 cm³/mol. The molecule has 0 spiro atoms. The Labute approximate surface area is 115 Å². The van der Waals surface area contributed by atoms with Gasteiger partial charge in [0.2, 0.25) is 0 Å². The molecule has 60 valence electrons. The third-order valence-electron chi connectivity index (χ3n) is 0.565. The second kappa shape index (κ2) is 9.71. The van der Waals surface area contributed by atoms with Crippen LogP contribution >= 0.6 is 15.9 Å². The van der Waals surface area contributed by atoms with Crippen LogP contribution in [0.15, 0.2) is 0 Å². The van der Waals surface area contributed by atoms with E-state index < -0.39 is 28.6 Å². The fourth-order valence-corrected chi connectivity index (χ4v) is 1.65. The van der Waals surface area contributed by atoms with Gasteiger partial charge in [-0.25, -0.2) is 0 Å². The van der Waals surface area contributed by atoms with Gasteiger partial charge in [0.15, 0.2) is 7.60 Å². The van der Waals surface area contributed by atoms with E-state index in [-0.39, 0.29) is 59.1 Å². The second-order valence-corrected chi connectivity index (χ2v) is 4.13. The molecule has 0 fully saturated rings. The standard InChI is InChI=1S/C2H6O6P2.2Na/c3-1-2-10(6,7)8-9(4)5;;/h3H,1-2H2,(H,6,7);;/q;2*+1/p-1. The summed E-state index contributed by atoms with van der Waals surface area (Å²) in [5.41, 5.74) is 0. The first-order chi connectivity index (χ1) is 4.48. The van der Waals surface area contributed by atoms with Crippen molar-refractivity contribution in [2.75, 3.05) is 12.8 Å². The maximum absolute atomic E-state index is 10.3. The molecule has 0 saturated carbocycles. The van der Waals surface area contributed by atoms with Crippen molar-refractivity contribution in [3.8, 4) is 0 Å². The average Bonchev–Trinajstić information content (AvgIpc) is 1.59. The molecule has 0 aromatic heterocycles. The van der Waals surface area contributed by atoms with Crippen LogP contribution < -0.4 is 68.9 Å². The molecule has 0 heterocycles. The Kier molecular flexibility index (Phi) is 15.9. The molecule has 0 bridgehead atoms. The zero-order chi connectivity index (χ0) is 8.20. The van der Waals surface area contributed by atoms with E-state index in [0.717, 1.165) is 0 Å². The van der Waals surface area contributed by atoms with E-state index in [1.165, 1.54) is 0 Å². The Morgan fingerprint density at radius 1 is 1.50 bits per heavy atom. The van der Waals surface area contributed by atoms with E-state index in [9.17, 15) is 18.9 Å². The topological polar surface area (TPSA) is 110 Å². The van der Waals surface area contributed by atoms with Gasteiger partial charge in [-0.05, 0) is 4.57 Å². The van der Waals surface area contributed by atoms with Crippen molar-refractivity contribution in [3.05, 3.63) is 0 Å². The van der Waals surface area contributed by atoms with Crippen LogP contribution in [0.2, 0.25) is 0 Å². The van der Waals surface area contributed by atoms with Crippen molar-refractivity contribution in [1.29, 1.82) is 0 Å². The van der Waals surface area contributed by atoms with Crippen LogP contribution in [0.4, 0.5) is 0 Å². The first kappa shape index (κ1) is 19.7. The molecule has 10 heteroatoms. The minimum Gasteiger partial charge on any atom is -0.775 e. The molecule has 0 aliphatic rings. The second-order valence-electron chi connectivity index (χ2n) is 1.36. The van der Waals surface area contributed by atoms with E-state index in [1.807, 2.05) is 0 Å². The maximum atomic E-state index is 10.3. The van der Waals surface area contributed by atoms with Gasteiger partial charge in [-0.1, -0.05) is 0 Å². The first-order valence-corrected chi connectivity index (χ1v) is 5.05. The van der Waals surface area contributed by atoms with Gasteiger partial charge in [-0.2, -0.15) is 0 Å². The number of aliphatic hydroxyl groups excluding tert-OH is 1. The van der Waals surface area contributed by atoms with Crippen molar-refractivity contribution < 1.29 is 87.4 Å². The van der Waals surface area contributed by atoms with Crippen LogP contribution in [-0.4, -0.2) is 17.9 Å². The zero-order valence-electron chi connectivity index (χ0n) is 6.80. The molecule has 0 radical (unpaired) electrons. The van der Waals surface area contributed by atoms with Crippen molar-refractivity contribution in [2.45, 2.75) is 0 Å². The van der Waals surface area contributed by atoms with Crippen LogP contribution in [0, 0.1) is 0 Å². The van der Waals surface area contributed by atoms with Gasteiger partial charge < -0.3 is 19.5 Å². The van der Waals surface area contributed by atoms with E-state index in [1.54, 1.807) is 0 Å². The molecular formula is C2H5Na2O6P2+. The summed E-state index contributed by atoms with van der Waals surface area (Å²) in [4.78, 5) is 20.0. The van der Waals surface area contributed by atoms with Gasteiger partial charge in [0.25, 0.3) is 0 Å². The molecule has 0 amide bonds. The maximum Gasteiger partial charge on any atom is 1.00 e. The average molecular weight is 233 g/mol. The number of aliphatic hydroxyl groups is 1. The summed E-state index contributed by atoms with van der Waals surface area (Å²) in [6.45, 7) is -0.649. The van der Waals surface area contributed by atoms with E-state index >= 15 is 0 Å². The minimum atomic E-state index is -4.34. The Balaban J connectivity index is -0.000000405. The van der Waals surface area contributed by atoms with Crippen LogP contribution in [-0.2, 0) is 13.4 Å². The molecule has 0 saturated heterocycles. The Morgan fingerprint density at radius 3 is 2.17 bits per heavy atom. The molecule has 0 aromatic carbocycles. The summed E-state index contributed by atoms with van der Waals surface area (Å²) < 4.78 is 23.4. The van der Waals surface area contributed by atoms with Gasteiger partial charge in [-0.3, -0.25) is 0 Å². The molecule has 0 aliphatic carbocycles. The predicted octanol–water partition coefficient (Wildman–Crippen LogP) is -7.43. The van der Waals surface area contributed by atoms with Gasteiger partial charge in [0.05, 0.1) is 6.61 Å². The summed E-state index contributed by atoms with van der Waals surface area (Å²) in [7, 11) is -7.73. The molecule has 6 nitrogen and oxygen atoms in total. The van der Waals surface area contributed by atoms with Gasteiger partial charge in [0, 0.05) is 6.16 Å². The van der Waals surface area contributed by atoms with Gasteiger partial charge >= 0.3 is 67.4 Å². The first-order valence-electron chi connectivity index (χ1n) is 2.23. The molecule has 2 unspecified atom stereocenters. The number of hydrogen-bond acceptors (Lipinski definition) is 6. The van der Waals surface area contributed by atoms with E-state index in [2.05, 4.69) is 4.31 Å². The zero-order valence-corrected chi connectivity index (χ0v) is 12.6. The third-order valence-corrected chi connectivity index (χ3v) is 2.84. The van der Waals surface area contributed by atoms with Crippen LogP contribution in [0.3, 0.4) is 0 Å². The normalized spacial score (nSPS) is 15.1. The summed E-state index contributed by atoms with van der Waals surface area (Å²) in [6.07, 6.45) is -0.684. The van der Waals surface area contributed by atoms with Crippen molar-refractivity contribution >= 4 is 15.9 Å². The molecular weight excluding hydrogens is 228 g/mol. The van der Waals surface area contributed by atoms with Crippen molar-refractivity contribution in [1.82, 2.24) is 0 Å². The SMILES string of the molecule is O=[P+]([O-])OP(=O)([O-])CCO.[Na+].[Na+]. The molecule has 1 N–H and O–H groups in total.